The van der Waals surface area contributed by atoms with Crippen molar-refractivity contribution in [2.75, 3.05) is 31.3 Å². The summed E-state index contributed by atoms with van der Waals surface area (Å²) in [6.07, 6.45) is 8.55. The molecule has 2 aliphatic carbocycles. The quantitative estimate of drug-likeness (QED) is 0.678. The number of allylic oxidation sites excluding steroid dienone is 1. The van der Waals surface area contributed by atoms with E-state index < -0.39 is 0 Å². The molecule has 3 atom stereocenters. The lowest BCUT2D eigenvalue weighted by molar-refractivity contribution is -0.0340. The highest BCUT2D eigenvalue weighted by molar-refractivity contribution is 9.10. The lowest BCUT2D eigenvalue weighted by atomic mass is 9.84. The van der Waals surface area contributed by atoms with Crippen LogP contribution in [0.3, 0.4) is 0 Å². The van der Waals surface area contributed by atoms with Gasteiger partial charge in [0.15, 0.2) is 0 Å². The summed E-state index contributed by atoms with van der Waals surface area (Å²) in [6, 6.07) is 8.65. The van der Waals surface area contributed by atoms with E-state index in [4.69, 9.17) is 15.1 Å². The smallest absolute Gasteiger partial charge is 0.148 e. The second-order valence-electron chi connectivity index (χ2n) is 7.67. The minimum atomic E-state index is -0.177. The van der Waals surface area contributed by atoms with Crippen molar-refractivity contribution in [2.24, 2.45) is 16.3 Å². The maximum absolute atomic E-state index is 5.68. The Morgan fingerprint density at radius 3 is 2.77 bits per heavy atom. The molecule has 26 heavy (non-hydrogen) atoms. The van der Waals surface area contributed by atoms with Crippen molar-refractivity contribution in [2.45, 2.75) is 43.8 Å². The normalized spacial score (nSPS) is 34.3. The SMILES string of the molecule is Brc1ccccc1N1N=NC2CCC(C3=CCCC3)C21N1CCOCC1. The molecule has 5 rings (SSSR count). The van der Waals surface area contributed by atoms with Gasteiger partial charge >= 0.3 is 0 Å². The second-order valence-corrected chi connectivity index (χ2v) is 8.52. The van der Waals surface area contributed by atoms with E-state index in [2.05, 4.69) is 56.2 Å². The number of morpholine rings is 1. The van der Waals surface area contributed by atoms with Gasteiger partial charge < -0.3 is 4.74 Å². The minimum Gasteiger partial charge on any atom is -0.379 e. The van der Waals surface area contributed by atoms with Crippen LogP contribution >= 0.6 is 15.9 Å². The zero-order chi connectivity index (χ0) is 17.6. The van der Waals surface area contributed by atoms with Crippen molar-refractivity contribution in [1.82, 2.24) is 4.90 Å². The first-order valence-electron chi connectivity index (χ1n) is 9.79. The van der Waals surface area contributed by atoms with Gasteiger partial charge in [-0.05, 0) is 60.2 Å². The molecule has 2 heterocycles. The number of hydrogen-bond donors (Lipinski definition) is 0. The summed E-state index contributed by atoms with van der Waals surface area (Å²) in [6.45, 7) is 3.49. The van der Waals surface area contributed by atoms with Gasteiger partial charge in [-0.1, -0.05) is 29.0 Å². The molecule has 0 bridgehead atoms. The van der Waals surface area contributed by atoms with E-state index in [1.165, 1.54) is 25.7 Å². The van der Waals surface area contributed by atoms with E-state index >= 15 is 0 Å². The highest BCUT2D eigenvalue weighted by Gasteiger charge is 2.62. The molecule has 1 aromatic rings. The molecule has 1 saturated carbocycles. The molecule has 6 heteroatoms. The fraction of sp³-hybridized carbons (Fsp3) is 0.600. The third kappa shape index (κ3) is 2.42. The Labute approximate surface area is 163 Å². The molecule has 4 aliphatic rings. The third-order valence-corrected chi connectivity index (χ3v) is 7.14. The van der Waals surface area contributed by atoms with Crippen LogP contribution in [0.5, 0.6) is 0 Å². The highest BCUT2D eigenvalue weighted by atomic mass is 79.9. The molecule has 1 aromatic carbocycles. The molecule has 3 unspecified atom stereocenters. The lowest BCUT2D eigenvalue weighted by Crippen LogP contribution is -2.66. The molecule has 0 N–H and O–H groups in total. The minimum absolute atomic E-state index is 0.177. The van der Waals surface area contributed by atoms with Crippen LogP contribution in [0.4, 0.5) is 5.69 Å². The van der Waals surface area contributed by atoms with Crippen LogP contribution < -0.4 is 5.01 Å². The van der Waals surface area contributed by atoms with Gasteiger partial charge in [0, 0.05) is 23.5 Å². The summed E-state index contributed by atoms with van der Waals surface area (Å²) in [5.74, 6) is 0.496. The van der Waals surface area contributed by atoms with Crippen LogP contribution in [0.2, 0.25) is 0 Å². The lowest BCUT2D eigenvalue weighted by Gasteiger charge is -2.50. The number of para-hydroxylation sites is 1. The Morgan fingerprint density at radius 1 is 1.15 bits per heavy atom. The number of rotatable bonds is 3. The van der Waals surface area contributed by atoms with Gasteiger partial charge in [0.05, 0.1) is 18.9 Å². The monoisotopic (exact) mass is 416 g/mol. The fourth-order valence-electron chi connectivity index (χ4n) is 5.42. The molecule has 138 valence electrons. The molecule has 0 amide bonds. The largest absolute Gasteiger partial charge is 0.379 e. The van der Waals surface area contributed by atoms with Gasteiger partial charge in [-0.3, -0.25) is 4.90 Å². The summed E-state index contributed by atoms with van der Waals surface area (Å²) in [5.41, 5.74) is 2.57. The van der Waals surface area contributed by atoms with Crippen molar-refractivity contribution in [3.05, 3.63) is 40.4 Å². The molecule has 2 aliphatic heterocycles. The summed E-state index contributed by atoms with van der Waals surface area (Å²) >= 11 is 3.75. The molecule has 2 fully saturated rings. The third-order valence-electron chi connectivity index (χ3n) is 6.47. The van der Waals surface area contributed by atoms with Gasteiger partial charge in [0.2, 0.25) is 0 Å². The van der Waals surface area contributed by atoms with Crippen LogP contribution in [0.15, 0.2) is 50.7 Å². The fourth-order valence-corrected chi connectivity index (χ4v) is 5.87. The Hall–Kier alpha value is -1.24. The number of benzene rings is 1. The Bertz CT molecular complexity index is 745. The van der Waals surface area contributed by atoms with Crippen LogP contribution in [-0.2, 0) is 4.74 Å². The van der Waals surface area contributed by atoms with Gasteiger partial charge in [0.25, 0.3) is 0 Å². The predicted octanol–water partition coefficient (Wildman–Crippen LogP) is 4.55. The average molecular weight is 417 g/mol. The Balaban J connectivity index is 1.64. The van der Waals surface area contributed by atoms with Crippen molar-refractivity contribution >= 4 is 21.6 Å². The van der Waals surface area contributed by atoms with Crippen LogP contribution in [0, 0.1) is 5.92 Å². The zero-order valence-electron chi connectivity index (χ0n) is 15.0. The number of fused-ring (bicyclic) bond motifs is 1. The first kappa shape index (κ1) is 16.9. The Kier molecular flexibility index (Phi) is 4.38. The van der Waals surface area contributed by atoms with E-state index in [9.17, 15) is 0 Å². The number of anilines is 1. The topological polar surface area (TPSA) is 40.4 Å². The molecule has 0 aromatic heterocycles. The molecule has 0 radical (unpaired) electrons. The Morgan fingerprint density at radius 2 is 2.00 bits per heavy atom. The van der Waals surface area contributed by atoms with Crippen LogP contribution in [-0.4, -0.2) is 42.9 Å². The summed E-state index contributed by atoms with van der Waals surface area (Å²) in [4.78, 5) is 2.62. The van der Waals surface area contributed by atoms with Gasteiger partial charge in [-0.25, -0.2) is 5.01 Å². The van der Waals surface area contributed by atoms with Crippen molar-refractivity contribution < 1.29 is 4.74 Å². The van der Waals surface area contributed by atoms with Crippen LogP contribution in [0.1, 0.15) is 32.1 Å². The first-order chi connectivity index (χ1) is 12.8. The van der Waals surface area contributed by atoms with Gasteiger partial charge in [-0.2, -0.15) is 5.11 Å². The highest BCUT2D eigenvalue weighted by Crippen LogP contribution is 2.55. The maximum Gasteiger partial charge on any atom is 0.148 e. The number of ether oxygens (including phenoxy) is 1. The molecule has 0 spiro atoms. The zero-order valence-corrected chi connectivity index (χ0v) is 16.6. The molecular weight excluding hydrogens is 392 g/mol. The summed E-state index contributed by atoms with van der Waals surface area (Å²) in [5, 5.41) is 11.8. The number of nitrogens with zero attached hydrogens (tertiary/aromatic N) is 4. The van der Waals surface area contributed by atoms with E-state index in [1.807, 2.05) is 0 Å². The second kappa shape index (κ2) is 6.73. The van der Waals surface area contributed by atoms with Crippen molar-refractivity contribution in [1.29, 1.82) is 0 Å². The van der Waals surface area contributed by atoms with Crippen molar-refractivity contribution in [3.63, 3.8) is 0 Å². The molecule has 1 saturated heterocycles. The maximum atomic E-state index is 5.68. The predicted molar refractivity (Wildman–Crippen MR) is 105 cm³/mol. The molecule has 5 nitrogen and oxygen atoms in total. The van der Waals surface area contributed by atoms with Crippen molar-refractivity contribution in [3.8, 4) is 0 Å². The number of halogens is 1. The standard InChI is InChI=1S/C20H25BrN4O/c21-17-7-3-4-8-18(17)25-20(24-11-13-26-14-12-24)16(15-5-1-2-6-15)9-10-19(20)22-23-25/h3-5,7-8,16,19H,1-2,6,9-14H2. The van der Waals surface area contributed by atoms with E-state index in [-0.39, 0.29) is 11.7 Å². The van der Waals surface area contributed by atoms with Gasteiger partial charge in [-0.15, -0.1) is 0 Å². The van der Waals surface area contributed by atoms with Crippen LogP contribution in [0.25, 0.3) is 0 Å². The molecular formula is C20H25BrN4O. The first-order valence-corrected chi connectivity index (χ1v) is 10.6. The van der Waals surface area contributed by atoms with E-state index in [0.29, 0.717) is 5.92 Å². The van der Waals surface area contributed by atoms with E-state index in [1.54, 1.807) is 5.57 Å². The van der Waals surface area contributed by atoms with Gasteiger partial charge in [0.1, 0.15) is 11.7 Å². The summed E-state index contributed by atoms with van der Waals surface area (Å²) < 4.78 is 6.77. The van der Waals surface area contributed by atoms with E-state index in [0.717, 1.165) is 42.9 Å². The summed E-state index contributed by atoms with van der Waals surface area (Å²) in [7, 11) is 0. The average Bonchev–Trinajstić information content (AvgIpc) is 3.39. The number of hydrogen-bond acceptors (Lipinski definition) is 5.